The lowest BCUT2D eigenvalue weighted by Gasteiger charge is -2.13. The molecule has 1 amide bonds. The van der Waals surface area contributed by atoms with Crippen molar-refractivity contribution in [2.75, 3.05) is 0 Å². The third-order valence-corrected chi connectivity index (χ3v) is 6.82. The number of para-hydroxylation sites is 1. The summed E-state index contributed by atoms with van der Waals surface area (Å²) >= 11 is 4.95. The van der Waals surface area contributed by atoms with Gasteiger partial charge in [0.1, 0.15) is 5.75 Å². The Labute approximate surface area is 209 Å². The van der Waals surface area contributed by atoms with Gasteiger partial charge in [-0.05, 0) is 48.2 Å². The van der Waals surface area contributed by atoms with Crippen LogP contribution in [0.15, 0.2) is 112 Å². The number of benzene rings is 4. The van der Waals surface area contributed by atoms with E-state index in [1.807, 2.05) is 66.0 Å². The number of amides is 1. The minimum Gasteiger partial charge on any atom is -0.481 e. The van der Waals surface area contributed by atoms with Crippen molar-refractivity contribution < 1.29 is 9.53 Å². The van der Waals surface area contributed by atoms with Gasteiger partial charge in [-0.2, -0.15) is 4.99 Å². The molecule has 0 saturated carbocycles. The lowest BCUT2D eigenvalue weighted by molar-refractivity contribution is -0.124. The molecule has 4 aromatic carbocycles. The zero-order valence-corrected chi connectivity index (χ0v) is 20.8. The van der Waals surface area contributed by atoms with Gasteiger partial charge in [-0.25, -0.2) is 0 Å². The average Bonchev–Trinajstić information content (AvgIpc) is 3.27. The van der Waals surface area contributed by atoms with Gasteiger partial charge in [0.15, 0.2) is 10.9 Å². The molecule has 0 bridgehead atoms. The van der Waals surface area contributed by atoms with Crippen molar-refractivity contribution in [2.24, 2.45) is 4.99 Å². The molecule has 1 aromatic heterocycles. The van der Waals surface area contributed by atoms with Crippen molar-refractivity contribution in [1.29, 1.82) is 0 Å². The molecule has 0 fully saturated rings. The molecule has 0 saturated heterocycles. The van der Waals surface area contributed by atoms with Crippen molar-refractivity contribution in [3.63, 3.8) is 0 Å². The summed E-state index contributed by atoms with van der Waals surface area (Å²) in [4.78, 5) is 18.2. The number of halogens is 1. The van der Waals surface area contributed by atoms with E-state index in [0.717, 1.165) is 32.2 Å². The Hall–Kier alpha value is -3.48. The van der Waals surface area contributed by atoms with Crippen LogP contribution < -0.4 is 9.54 Å². The molecule has 168 valence electrons. The highest BCUT2D eigenvalue weighted by Gasteiger charge is 2.17. The van der Waals surface area contributed by atoms with Gasteiger partial charge in [0.25, 0.3) is 5.91 Å². The lowest BCUT2D eigenvalue weighted by atomic mass is 10.1. The predicted molar refractivity (Wildman–Crippen MR) is 141 cm³/mol. The third kappa shape index (κ3) is 4.60. The molecule has 6 heteroatoms. The van der Waals surface area contributed by atoms with Gasteiger partial charge in [-0.15, -0.1) is 11.3 Å². The summed E-state index contributed by atoms with van der Waals surface area (Å²) in [6.45, 7) is 1.73. The van der Waals surface area contributed by atoms with E-state index in [9.17, 15) is 4.79 Å². The maximum Gasteiger partial charge on any atom is 0.289 e. The van der Waals surface area contributed by atoms with Crippen LogP contribution in [0.4, 0.5) is 0 Å². The summed E-state index contributed by atoms with van der Waals surface area (Å²) < 4.78 is 8.88. The van der Waals surface area contributed by atoms with Crippen molar-refractivity contribution in [3.05, 3.63) is 112 Å². The molecule has 1 heterocycles. The molecule has 4 nitrogen and oxygen atoms in total. The maximum atomic E-state index is 13.0. The Kier molecular flexibility index (Phi) is 6.43. The number of carbonyl (C=O) groups is 1. The average molecular weight is 529 g/mol. The van der Waals surface area contributed by atoms with E-state index >= 15 is 0 Å². The number of hydrogen-bond donors (Lipinski definition) is 0. The Morgan fingerprint density at radius 2 is 1.62 bits per heavy atom. The highest BCUT2D eigenvalue weighted by molar-refractivity contribution is 9.10. The van der Waals surface area contributed by atoms with Crippen molar-refractivity contribution in [2.45, 2.75) is 13.0 Å². The molecule has 0 N–H and O–H groups in total. The number of fused-ring (bicyclic) bond motifs is 1. The lowest BCUT2D eigenvalue weighted by Crippen LogP contribution is -2.26. The largest absolute Gasteiger partial charge is 0.481 e. The third-order valence-electron chi connectivity index (χ3n) is 5.47. The number of carbonyl (C=O) groups excluding carboxylic acids is 1. The van der Waals surface area contributed by atoms with E-state index in [2.05, 4.69) is 61.9 Å². The van der Waals surface area contributed by atoms with E-state index in [0.29, 0.717) is 10.6 Å². The first kappa shape index (κ1) is 22.3. The highest BCUT2D eigenvalue weighted by Crippen LogP contribution is 2.29. The first-order valence-electron chi connectivity index (χ1n) is 10.8. The molecule has 34 heavy (non-hydrogen) atoms. The molecular formula is C28H21BrN2O2S. The second-order valence-electron chi connectivity index (χ2n) is 7.77. The zero-order valence-electron chi connectivity index (χ0n) is 18.4. The van der Waals surface area contributed by atoms with Crippen LogP contribution in [0.5, 0.6) is 5.75 Å². The summed E-state index contributed by atoms with van der Waals surface area (Å²) in [6, 6.07) is 31.9. The van der Waals surface area contributed by atoms with E-state index in [1.54, 1.807) is 6.92 Å². The number of thiazole rings is 1. The second kappa shape index (κ2) is 9.79. The fourth-order valence-electron chi connectivity index (χ4n) is 3.79. The minimum absolute atomic E-state index is 0.331. The van der Waals surface area contributed by atoms with Crippen LogP contribution in [-0.4, -0.2) is 16.6 Å². The zero-order chi connectivity index (χ0) is 23.5. The summed E-state index contributed by atoms with van der Waals surface area (Å²) in [6.07, 6.45) is -0.707. The smallest absolute Gasteiger partial charge is 0.289 e. The van der Waals surface area contributed by atoms with Crippen molar-refractivity contribution in [3.8, 4) is 22.7 Å². The Bertz CT molecular complexity index is 1520. The summed E-state index contributed by atoms with van der Waals surface area (Å²) in [5.41, 5.74) is 2.98. The van der Waals surface area contributed by atoms with E-state index in [4.69, 9.17) is 4.74 Å². The molecule has 5 rings (SSSR count). The molecule has 0 aliphatic heterocycles. The fourth-order valence-corrected chi connectivity index (χ4v) is 4.95. The fraction of sp³-hybridized carbons (Fsp3) is 0.0714. The standard InChI is InChI=1S/C28H21BrN2O2S/c1-19(33-23-10-3-2-4-11-23)27(32)30-28-31(25-13-7-9-20-8-5-6-12-24(20)25)26(18-34-28)21-14-16-22(29)17-15-21/h2-19H,1H3. The summed E-state index contributed by atoms with van der Waals surface area (Å²) in [5.74, 6) is 0.309. The first-order chi connectivity index (χ1) is 16.6. The van der Waals surface area contributed by atoms with Crippen LogP contribution >= 0.6 is 27.3 Å². The molecule has 1 unspecified atom stereocenters. The normalized spacial score (nSPS) is 12.6. The van der Waals surface area contributed by atoms with Crippen molar-refractivity contribution in [1.82, 2.24) is 4.57 Å². The van der Waals surface area contributed by atoms with Gasteiger partial charge in [0.2, 0.25) is 0 Å². The van der Waals surface area contributed by atoms with Gasteiger partial charge in [0.05, 0.1) is 11.4 Å². The van der Waals surface area contributed by atoms with Crippen LogP contribution in [-0.2, 0) is 4.79 Å². The minimum atomic E-state index is -0.707. The monoisotopic (exact) mass is 528 g/mol. The topological polar surface area (TPSA) is 43.6 Å². The first-order valence-corrected chi connectivity index (χ1v) is 12.5. The van der Waals surface area contributed by atoms with Crippen LogP contribution in [0, 0.1) is 0 Å². The van der Waals surface area contributed by atoms with Gasteiger partial charge in [-0.3, -0.25) is 9.36 Å². The van der Waals surface area contributed by atoms with E-state index in [-0.39, 0.29) is 5.91 Å². The number of ether oxygens (including phenoxy) is 1. The molecule has 0 spiro atoms. The van der Waals surface area contributed by atoms with E-state index in [1.165, 1.54) is 11.3 Å². The number of hydrogen-bond acceptors (Lipinski definition) is 3. The maximum absolute atomic E-state index is 13.0. The second-order valence-corrected chi connectivity index (χ2v) is 9.52. The molecule has 0 aliphatic carbocycles. The number of rotatable bonds is 5. The molecule has 0 aliphatic rings. The van der Waals surface area contributed by atoms with Crippen LogP contribution in [0.1, 0.15) is 6.92 Å². The highest BCUT2D eigenvalue weighted by atomic mass is 79.9. The van der Waals surface area contributed by atoms with Crippen LogP contribution in [0.25, 0.3) is 27.7 Å². The van der Waals surface area contributed by atoms with Gasteiger partial charge in [0, 0.05) is 15.2 Å². The molecule has 0 radical (unpaired) electrons. The Balaban J connectivity index is 1.64. The van der Waals surface area contributed by atoms with Crippen LogP contribution in [0.2, 0.25) is 0 Å². The van der Waals surface area contributed by atoms with E-state index < -0.39 is 6.10 Å². The molecule has 5 aromatic rings. The predicted octanol–water partition coefficient (Wildman–Crippen LogP) is 7.02. The van der Waals surface area contributed by atoms with Crippen LogP contribution in [0.3, 0.4) is 0 Å². The molecule has 1 atom stereocenters. The number of aromatic nitrogens is 1. The SMILES string of the molecule is CC(Oc1ccccc1)C(=O)N=c1scc(-c2ccc(Br)cc2)n1-c1cccc2ccccc12. The molecular weight excluding hydrogens is 508 g/mol. The Morgan fingerprint density at radius 1 is 0.912 bits per heavy atom. The summed E-state index contributed by atoms with van der Waals surface area (Å²) in [7, 11) is 0. The summed E-state index contributed by atoms with van der Waals surface area (Å²) in [5, 5.41) is 4.25. The van der Waals surface area contributed by atoms with Gasteiger partial charge >= 0.3 is 0 Å². The van der Waals surface area contributed by atoms with Gasteiger partial charge in [-0.1, -0.05) is 82.7 Å². The quantitative estimate of drug-likeness (QED) is 0.246. The Morgan fingerprint density at radius 3 is 2.41 bits per heavy atom. The van der Waals surface area contributed by atoms with Crippen molar-refractivity contribution >= 4 is 43.9 Å². The number of nitrogens with zero attached hydrogens (tertiary/aromatic N) is 2. The van der Waals surface area contributed by atoms with Gasteiger partial charge < -0.3 is 4.74 Å².